The Morgan fingerprint density at radius 2 is 1.88 bits per heavy atom. The Bertz CT molecular complexity index is 922. The first-order chi connectivity index (χ1) is 12.1. The van der Waals surface area contributed by atoms with Gasteiger partial charge in [0.05, 0.1) is 23.0 Å². The molecule has 0 aliphatic heterocycles. The minimum atomic E-state index is -0.554. The fourth-order valence-electron chi connectivity index (χ4n) is 2.30. The third-order valence-electron chi connectivity index (χ3n) is 3.54. The number of nitrogens with one attached hydrogen (secondary N) is 1. The molecule has 1 N–H and O–H groups in total. The zero-order valence-corrected chi connectivity index (χ0v) is 14.1. The van der Waals surface area contributed by atoms with Gasteiger partial charge in [-0.3, -0.25) is 14.9 Å². The van der Waals surface area contributed by atoms with Gasteiger partial charge in [0.2, 0.25) is 0 Å². The molecule has 0 saturated carbocycles. The first-order valence-corrected chi connectivity index (χ1v) is 8.19. The zero-order chi connectivity index (χ0) is 17.8. The molecule has 0 spiro atoms. The van der Waals surface area contributed by atoms with Crippen molar-refractivity contribution in [2.75, 3.05) is 12.4 Å². The van der Waals surface area contributed by atoms with Gasteiger partial charge in [0, 0.05) is 4.88 Å². The van der Waals surface area contributed by atoms with E-state index in [1.54, 1.807) is 12.1 Å². The summed E-state index contributed by atoms with van der Waals surface area (Å²) in [4.78, 5) is 24.5. The molecule has 1 heterocycles. The fraction of sp³-hybridized carbons (Fsp3) is 0.0556. The number of amides is 1. The van der Waals surface area contributed by atoms with E-state index in [1.165, 1.54) is 30.6 Å². The van der Waals surface area contributed by atoms with Crippen molar-refractivity contribution in [1.29, 1.82) is 0 Å². The lowest BCUT2D eigenvalue weighted by Crippen LogP contribution is -2.11. The first kappa shape index (κ1) is 16.7. The molecule has 0 aliphatic carbocycles. The van der Waals surface area contributed by atoms with Gasteiger partial charge in [-0.2, -0.15) is 0 Å². The van der Waals surface area contributed by atoms with Crippen LogP contribution < -0.4 is 10.1 Å². The molecule has 1 amide bonds. The smallest absolute Gasteiger partial charge is 0.296 e. The van der Waals surface area contributed by atoms with Crippen LogP contribution in [0.1, 0.15) is 9.67 Å². The highest BCUT2D eigenvalue weighted by atomic mass is 32.1. The van der Waals surface area contributed by atoms with Crippen LogP contribution >= 0.6 is 11.3 Å². The van der Waals surface area contributed by atoms with E-state index in [4.69, 9.17) is 4.74 Å². The quantitative estimate of drug-likeness (QED) is 0.537. The summed E-state index contributed by atoms with van der Waals surface area (Å²) in [7, 11) is 1.42. The molecule has 0 atom stereocenters. The number of benzene rings is 2. The van der Waals surface area contributed by atoms with Crippen molar-refractivity contribution in [1.82, 2.24) is 0 Å². The van der Waals surface area contributed by atoms with Gasteiger partial charge in [0.1, 0.15) is 11.4 Å². The van der Waals surface area contributed by atoms with Crippen LogP contribution in [-0.4, -0.2) is 17.9 Å². The second-order valence-electron chi connectivity index (χ2n) is 5.12. The highest BCUT2D eigenvalue weighted by Crippen LogP contribution is 2.31. The Morgan fingerprint density at radius 3 is 2.56 bits per heavy atom. The number of nitro groups is 1. The molecular formula is C18H14N2O4S. The molecule has 3 rings (SSSR count). The maximum atomic E-state index is 12.4. The van der Waals surface area contributed by atoms with Crippen molar-refractivity contribution in [3.8, 4) is 16.2 Å². The molecule has 2 aromatic carbocycles. The predicted molar refractivity (Wildman–Crippen MR) is 97.4 cm³/mol. The van der Waals surface area contributed by atoms with Crippen LogP contribution in [0.5, 0.6) is 5.75 Å². The lowest BCUT2D eigenvalue weighted by molar-refractivity contribution is -0.384. The SMILES string of the molecule is COc1ccc(NC(=O)c2ccc(-c3ccccc3)s2)c([N+](=O)[O-])c1. The van der Waals surface area contributed by atoms with Gasteiger partial charge < -0.3 is 10.1 Å². The van der Waals surface area contributed by atoms with Crippen LogP contribution in [0.15, 0.2) is 60.7 Å². The average Bonchev–Trinajstić information content (AvgIpc) is 3.13. The second-order valence-corrected chi connectivity index (χ2v) is 6.21. The molecular weight excluding hydrogens is 340 g/mol. The fourth-order valence-corrected chi connectivity index (χ4v) is 3.20. The van der Waals surface area contributed by atoms with Crippen LogP contribution in [0.2, 0.25) is 0 Å². The number of thiophene rings is 1. The summed E-state index contributed by atoms with van der Waals surface area (Å²) in [6, 6.07) is 17.6. The lowest BCUT2D eigenvalue weighted by Gasteiger charge is -2.06. The van der Waals surface area contributed by atoms with Crippen molar-refractivity contribution < 1.29 is 14.5 Å². The van der Waals surface area contributed by atoms with Gasteiger partial charge >= 0.3 is 0 Å². The number of ether oxygens (including phenoxy) is 1. The Kier molecular flexibility index (Phi) is 4.76. The Morgan fingerprint density at radius 1 is 1.12 bits per heavy atom. The topological polar surface area (TPSA) is 81.5 Å². The van der Waals surface area contributed by atoms with E-state index in [1.807, 2.05) is 36.4 Å². The van der Waals surface area contributed by atoms with Crippen LogP contribution in [0.3, 0.4) is 0 Å². The number of carbonyl (C=O) groups is 1. The second kappa shape index (κ2) is 7.14. The summed E-state index contributed by atoms with van der Waals surface area (Å²) in [6.07, 6.45) is 0. The van der Waals surface area contributed by atoms with Crippen LogP contribution in [0.4, 0.5) is 11.4 Å². The van der Waals surface area contributed by atoms with Crippen molar-refractivity contribution >= 4 is 28.6 Å². The highest BCUT2D eigenvalue weighted by Gasteiger charge is 2.19. The maximum Gasteiger partial charge on any atom is 0.296 e. The lowest BCUT2D eigenvalue weighted by atomic mass is 10.2. The van der Waals surface area contributed by atoms with Crippen molar-refractivity contribution in [3.63, 3.8) is 0 Å². The van der Waals surface area contributed by atoms with Gasteiger partial charge in [-0.15, -0.1) is 11.3 Å². The average molecular weight is 354 g/mol. The molecule has 1 aromatic heterocycles. The molecule has 0 radical (unpaired) electrons. The Labute approximate surface area is 147 Å². The van der Waals surface area contributed by atoms with Crippen LogP contribution in [0.25, 0.3) is 10.4 Å². The molecule has 25 heavy (non-hydrogen) atoms. The van der Waals surface area contributed by atoms with E-state index in [-0.39, 0.29) is 17.3 Å². The normalized spacial score (nSPS) is 10.3. The van der Waals surface area contributed by atoms with Gasteiger partial charge in [0.25, 0.3) is 11.6 Å². The van der Waals surface area contributed by atoms with Gasteiger partial charge in [-0.05, 0) is 29.8 Å². The van der Waals surface area contributed by atoms with E-state index in [0.717, 1.165) is 10.4 Å². The highest BCUT2D eigenvalue weighted by molar-refractivity contribution is 7.17. The van der Waals surface area contributed by atoms with E-state index in [0.29, 0.717) is 10.6 Å². The Hall–Kier alpha value is -3.19. The molecule has 6 nitrogen and oxygen atoms in total. The third-order valence-corrected chi connectivity index (χ3v) is 4.67. The number of carbonyl (C=O) groups excluding carboxylic acids is 1. The summed E-state index contributed by atoms with van der Waals surface area (Å²) in [5.41, 5.74) is 0.931. The molecule has 0 saturated heterocycles. The van der Waals surface area contributed by atoms with Crippen LogP contribution in [-0.2, 0) is 0 Å². The standard InChI is InChI=1S/C18H14N2O4S/c1-24-13-7-8-14(15(11-13)20(22)23)19-18(21)17-10-9-16(25-17)12-5-3-2-4-6-12/h2-11H,1H3,(H,19,21). The molecule has 3 aromatic rings. The number of hydrogen-bond acceptors (Lipinski definition) is 5. The van der Waals surface area contributed by atoms with Crippen molar-refractivity contribution in [3.05, 3.63) is 75.7 Å². The van der Waals surface area contributed by atoms with E-state index in [9.17, 15) is 14.9 Å². The zero-order valence-electron chi connectivity index (χ0n) is 13.3. The number of nitro benzene ring substituents is 1. The Balaban J connectivity index is 1.84. The van der Waals surface area contributed by atoms with Crippen LogP contribution in [0, 0.1) is 10.1 Å². The number of anilines is 1. The van der Waals surface area contributed by atoms with Gasteiger partial charge in [-0.1, -0.05) is 30.3 Å². The molecule has 126 valence electrons. The van der Waals surface area contributed by atoms with Gasteiger partial charge in [0.15, 0.2) is 0 Å². The predicted octanol–water partition coefficient (Wildman–Crippen LogP) is 4.58. The summed E-state index contributed by atoms with van der Waals surface area (Å²) in [5, 5.41) is 13.8. The molecule has 0 aliphatic rings. The minimum absolute atomic E-state index is 0.130. The van der Waals surface area contributed by atoms with Gasteiger partial charge in [-0.25, -0.2) is 0 Å². The summed E-state index contributed by atoms with van der Waals surface area (Å²) >= 11 is 1.33. The largest absolute Gasteiger partial charge is 0.496 e. The molecule has 0 unspecified atom stereocenters. The first-order valence-electron chi connectivity index (χ1n) is 7.37. The van der Waals surface area contributed by atoms with E-state index in [2.05, 4.69) is 5.32 Å². The third kappa shape index (κ3) is 3.67. The summed E-state index contributed by atoms with van der Waals surface area (Å²) < 4.78 is 4.99. The van der Waals surface area contributed by atoms with Crippen molar-refractivity contribution in [2.24, 2.45) is 0 Å². The number of nitrogens with zero attached hydrogens (tertiary/aromatic N) is 1. The summed E-state index contributed by atoms with van der Waals surface area (Å²) in [6.45, 7) is 0. The summed E-state index contributed by atoms with van der Waals surface area (Å²) in [5.74, 6) is -0.0346. The molecule has 7 heteroatoms. The maximum absolute atomic E-state index is 12.4. The molecule has 0 bridgehead atoms. The number of hydrogen-bond donors (Lipinski definition) is 1. The number of methoxy groups -OCH3 is 1. The number of rotatable bonds is 5. The van der Waals surface area contributed by atoms with E-state index < -0.39 is 4.92 Å². The molecule has 0 fully saturated rings. The monoisotopic (exact) mass is 354 g/mol. The van der Waals surface area contributed by atoms with Crippen molar-refractivity contribution in [2.45, 2.75) is 0 Å². The minimum Gasteiger partial charge on any atom is -0.496 e. The van der Waals surface area contributed by atoms with E-state index >= 15 is 0 Å².